The molecule has 0 amide bonds. The Morgan fingerprint density at radius 2 is 1.75 bits per heavy atom. The van der Waals surface area contributed by atoms with Gasteiger partial charge in [0, 0.05) is 12.1 Å². The Labute approximate surface area is 123 Å². The van der Waals surface area contributed by atoms with Gasteiger partial charge in [-0.2, -0.15) is 11.3 Å². The maximum atomic E-state index is 5.64. The van der Waals surface area contributed by atoms with Crippen molar-refractivity contribution in [3.8, 4) is 11.5 Å². The van der Waals surface area contributed by atoms with Gasteiger partial charge in [0.1, 0.15) is 13.2 Å². The number of ether oxygens (including phenoxy) is 2. The molecule has 1 aromatic heterocycles. The first-order valence-corrected chi connectivity index (χ1v) is 7.86. The monoisotopic (exact) mass is 289 g/mol. The van der Waals surface area contributed by atoms with Gasteiger partial charge in [0.2, 0.25) is 0 Å². The molecular formula is C16H19NO2S. The van der Waals surface area contributed by atoms with Crippen LogP contribution in [0.1, 0.15) is 37.1 Å². The second-order valence-corrected chi connectivity index (χ2v) is 5.85. The molecule has 1 N–H and O–H groups in total. The van der Waals surface area contributed by atoms with Crippen molar-refractivity contribution in [3.63, 3.8) is 0 Å². The van der Waals surface area contributed by atoms with Gasteiger partial charge < -0.3 is 14.8 Å². The largest absolute Gasteiger partial charge is 0.486 e. The van der Waals surface area contributed by atoms with Crippen LogP contribution >= 0.6 is 11.3 Å². The maximum absolute atomic E-state index is 5.64. The van der Waals surface area contributed by atoms with Crippen molar-refractivity contribution in [2.24, 2.45) is 0 Å². The van der Waals surface area contributed by atoms with Crippen LogP contribution < -0.4 is 14.8 Å². The predicted octanol–water partition coefficient (Wildman–Crippen LogP) is 3.93. The molecule has 2 unspecified atom stereocenters. The maximum Gasteiger partial charge on any atom is 0.161 e. The summed E-state index contributed by atoms with van der Waals surface area (Å²) in [6.07, 6.45) is 0. The van der Waals surface area contributed by atoms with Gasteiger partial charge >= 0.3 is 0 Å². The van der Waals surface area contributed by atoms with E-state index >= 15 is 0 Å². The lowest BCUT2D eigenvalue weighted by molar-refractivity contribution is 0.171. The summed E-state index contributed by atoms with van der Waals surface area (Å²) in [5, 5.41) is 7.92. The second kappa shape index (κ2) is 5.85. The van der Waals surface area contributed by atoms with E-state index in [4.69, 9.17) is 9.47 Å². The SMILES string of the molecule is CC(NC(C)c1ccc2c(c1)OCCO2)c1ccsc1. The lowest BCUT2D eigenvalue weighted by atomic mass is 10.1. The molecule has 0 bridgehead atoms. The van der Waals surface area contributed by atoms with Crippen LogP contribution in [0.15, 0.2) is 35.0 Å². The molecule has 20 heavy (non-hydrogen) atoms. The highest BCUT2D eigenvalue weighted by atomic mass is 32.1. The van der Waals surface area contributed by atoms with Gasteiger partial charge in [0.15, 0.2) is 11.5 Å². The van der Waals surface area contributed by atoms with Gasteiger partial charge in [-0.3, -0.25) is 0 Å². The molecule has 3 nitrogen and oxygen atoms in total. The van der Waals surface area contributed by atoms with Crippen LogP contribution in [0.5, 0.6) is 11.5 Å². The third-order valence-corrected chi connectivity index (χ3v) is 4.31. The lowest BCUT2D eigenvalue weighted by Crippen LogP contribution is -2.22. The van der Waals surface area contributed by atoms with Crippen LogP contribution in [0, 0.1) is 0 Å². The minimum absolute atomic E-state index is 0.265. The summed E-state index contributed by atoms with van der Waals surface area (Å²) in [5.41, 5.74) is 2.55. The Bertz CT molecular complexity index is 568. The summed E-state index contributed by atoms with van der Waals surface area (Å²) in [5.74, 6) is 1.70. The Morgan fingerprint density at radius 1 is 1.00 bits per heavy atom. The molecule has 3 rings (SSSR count). The number of thiophene rings is 1. The van der Waals surface area contributed by atoms with Gasteiger partial charge in [-0.15, -0.1) is 0 Å². The molecule has 0 aliphatic carbocycles. The molecular weight excluding hydrogens is 270 g/mol. The first-order chi connectivity index (χ1) is 9.74. The number of hydrogen-bond donors (Lipinski definition) is 1. The standard InChI is InChI=1S/C16H19NO2S/c1-11(17-12(2)14-5-8-20-10-14)13-3-4-15-16(9-13)19-7-6-18-15/h3-5,8-12,17H,6-7H2,1-2H3. The summed E-state index contributed by atoms with van der Waals surface area (Å²) in [4.78, 5) is 0. The zero-order chi connectivity index (χ0) is 13.9. The van der Waals surface area contributed by atoms with E-state index in [9.17, 15) is 0 Å². The quantitative estimate of drug-likeness (QED) is 0.925. The molecule has 2 aromatic rings. The molecule has 106 valence electrons. The van der Waals surface area contributed by atoms with Gasteiger partial charge in [-0.25, -0.2) is 0 Å². The molecule has 4 heteroatoms. The number of benzene rings is 1. The highest BCUT2D eigenvalue weighted by Crippen LogP contribution is 2.33. The Balaban J connectivity index is 1.72. The summed E-state index contributed by atoms with van der Waals surface area (Å²) in [6.45, 7) is 5.63. The van der Waals surface area contributed by atoms with Crippen molar-refractivity contribution in [1.82, 2.24) is 5.32 Å². The van der Waals surface area contributed by atoms with Crippen LogP contribution in [0.4, 0.5) is 0 Å². The first-order valence-electron chi connectivity index (χ1n) is 6.92. The van der Waals surface area contributed by atoms with Crippen molar-refractivity contribution >= 4 is 11.3 Å². The fourth-order valence-electron chi connectivity index (χ4n) is 2.42. The summed E-state index contributed by atoms with van der Waals surface area (Å²) >= 11 is 1.73. The van der Waals surface area contributed by atoms with E-state index in [1.54, 1.807) is 11.3 Å². The average Bonchev–Trinajstić information content (AvgIpc) is 3.01. The predicted molar refractivity (Wildman–Crippen MR) is 81.7 cm³/mol. The molecule has 0 saturated carbocycles. The number of rotatable bonds is 4. The third-order valence-electron chi connectivity index (χ3n) is 3.61. The van der Waals surface area contributed by atoms with Crippen molar-refractivity contribution in [2.75, 3.05) is 13.2 Å². The van der Waals surface area contributed by atoms with Gasteiger partial charge in [0.25, 0.3) is 0 Å². The Morgan fingerprint density at radius 3 is 2.50 bits per heavy atom. The van der Waals surface area contributed by atoms with Crippen LogP contribution in [-0.4, -0.2) is 13.2 Å². The Hall–Kier alpha value is -1.52. The summed E-state index contributed by atoms with van der Waals surface area (Å²) < 4.78 is 11.2. The topological polar surface area (TPSA) is 30.5 Å². The van der Waals surface area contributed by atoms with Crippen LogP contribution in [-0.2, 0) is 0 Å². The van der Waals surface area contributed by atoms with E-state index in [-0.39, 0.29) is 6.04 Å². The van der Waals surface area contributed by atoms with E-state index in [0.29, 0.717) is 19.3 Å². The molecule has 2 heterocycles. The third kappa shape index (κ3) is 2.81. The first kappa shape index (κ1) is 13.5. The fourth-order valence-corrected chi connectivity index (χ4v) is 3.17. The second-order valence-electron chi connectivity index (χ2n) is 5.07. The molecule has 2 atom stereocenters. The van der Waals surface area contributed by atoms with E-state index in [1.807, 2.05) is 6.07 Å². The van der Waals surface area contributed by atoms with Crippen LogP contribution in [0.2, 0.25) is 0 Å². The Kier molecular flexibility index (Phi) is 3.94. The summed E-state index contributed by atoms with van der Waals surface area (Å²) in [7, 11) is 0. The highest BCUT2D eigenvalue weighted by molar-refractivity contribution is 7.07. The fraction of sp³-hybridized carbons (Fsp3) is 0.375. The molecule has 1 aromatic carbocycles. The highest BCUT2D eigenvalue weighted by Gasteiger charge is 2.16. The molecule has 1 aliphatic rings. The van der Waals surface area contributed by atoms with Gasteiger partial charge in [0.05, 0.1) is 0 Å². The molecule has 1 aliphatic heterocycles. The van der Waals surface area contributed by atoms with E-state index in [1.165, 1.54) is 11.1 Å². The van der Waals surface area contributed by atoms with Gasteiger partial charge in [-0.05, 0) is 53.9 Å². The van der Waals surface area contributed by atoms with Crippen molar-refractivity contribution < 1.29 is 9.47 Å². The van der Waals surface area contributed by atoms with Crippen molar-refractivity contribution in [2.45, 2.75) is 25.9 Å². The normalized spacial score (nSPS) is 16.7. The van der Waals surface area contributed by atoms with Crippen molar-refractivity contribution in [3.05, 3.63) is 46.2 Å². The minimum Gasteiger partial charge on any atom is -0.486 e. The van der Waals surface area contributed by atoms with Crippen LogP contribution in [0.3, 0.4) is 0 Å². The zero-order valence-corrected chi connectivity index (χ0v) is 12.6. The number of fused-ring (bicyclic) bond motifs is 1. The van der Waals surface area contributed by atoms with E-state index in [0.717, 1.165) is 11.5 Å². The zero-order valence-electron chi connectivity index (χ0n) is 11.8. The molecule has 0 radical (unpaired) electrons. The molecule has 0 fully saturated rings. The van der Waals surface area contributed by atoms with E-state index < -0.39 is 0 Å². The van der Waals surface area contributed by atoms with E-state index in [2.05, 4.69) is 48.1 Å². The van der Waals surface area contributed by atoms with Gasteiger partial charge in [-0.1, -0.05) is 6.07 Å². The smallest absolute Gasteiger partial charge is 0.161 e. The lowest BCUT2D eigenvalue weighted by Gasteiger charge is -2.23. The van der Waals surface area contributed by atoms with Crippen molar-refractivity contribution in [1.29, 1.82) is 0 Å². The number of nitrogens with one attached hydrogen (secondary N) is 1. The average molecular weight is 289 g/mol. The number of hydrogen-bond acceptors (Lipinski definition) is 4. The minimum atomic E-state index is 0.265. The van der Waals surface area contributed by atoms with Crippen LogP contribution in [0.25, 0.3) is 0 Å². The molecule has 0 saturated heterocycles. The summed E-state index contributed by atoms with van der Waals surface area (Å²) in [6, 6.07) is 8.94. The molecule has 0 spiro atoms.